The first-order valence-corrected chi connectivity index (χ1v) is 37.7. The van der Waals surface area contributed by atoms with Crippen molar-refractivity contribution in [3.63, 3.8) is 0 Å². The summed E-state index contributed by atoms with van der Waals surface area (Å²) in [5, 5.41) is 11.9. The number of carboxylic acid groups (broad SMARTS) is 1. The molecular formula is C72H142N2O26. The molecule has 0 bridgehead atoms. The van der Waals surface area contributed by atoms with Crippen LogP contribution < -0.4 is 11.1 Å². The molecule has 0 radical (unpaired) electrons. The van der Waals surface area contributed by atoms with Gasteiger partial charge < -0.3 is 125 Å². The van der Waals surface area contributed by atoms with Gasteiger partial charge in [0.25, 0.3) is 0 Å². The summed E-state index contributed by atoms with van der Waals surface area (Å²) in [5.74, 6) is -0.520. The first kappa shape index (κ1) is 97.7. The first-order valence-electron chi connectivity index (χ1n) is 37.7. The van der Waals surface area contributed by atoms with E-state index in [1.807, 2.05) is 6.08 Å². The van der Waals surface area contributed by atoms with Crippen LogP contribution in [0, 0.1) is 5.92 Å². The predicted octanol–water partition coefficient (Wildman–Crippen LogP) is 6.74. The molecule has 28 heteroatoms. The smallest absolute Gasteiger partial charge is 0.303 e. The second-order valence-electron chi connectivity index (χ2n) is 23.0. The van der Waals surface area contributed by atoms with Crippen LogP contribution in [0.4, 0.5) is 0 Å². The molecule has 0 saturated carbocycles. The van der Waals surface area contributed by atoms with Gasteiger partial charge in [-0.1, -0.05) is 89.5 Å². The maximum absolute atomic E-state index is 13.2. The van der Waals surface area contributed by atoms with Crippen LogP contribution >= 0.6 is 0 Å². The van der Waals surface area contributed by atoms with E-state index in [1.54, 1.807) is 0 Å². The van der Waals surface area contributed by atoms with Crippen molar-refractivity contribution in [2.24, 2.45) is 11.7 Å². The van der Waals surface area contributed by atoms with Crippen molar-refractivity contribution in [3.8, 4) is 0 Å². The summed E-state index contributed by atoms with van der Waals surface area (Å²) >= 11 is 0. The van der Waals surface area contributed by atoms with Crippen LogP contribution in [0.1, 0.15) is 122 Å². The van der Waals surface area contributed by atoms with Gasteiger partial charge in [0.05, 0.1) is 304 Å². The van der Waals surface area contributed by atoms with Crippen LogP contribution in [0.3, 0.4) is 0 Å². The number of hydrogen-bond acceptors (Lipinski definition) is 26. The summed E-state index contributed by atoms with van der Waals surface area (Å²) in [6, 6.07) is 0. The van der Waals surface area contributed by atoms with Gasteiger partial charge in [0.1, 0.15) is 0 Å². The zero-order valence-electron chi connectivity index (χ0n) is 62.0. The van der Waals surface area contributed by atoms with Gasteiger partial charge in [-0.15, -0.1) is 6.58 Å². The molecule has 596 valence electrons. The molecule has 1 unspecified atom stereocenters. The molecule has 0 rings (SSSR count). The van der Waals surface area contributed by atoms with Gasteiger partial charge in [-0.05, 0) is 32.1 Å². The number of amides is 1. The van der Waals surface area contributed by atoms with Crippen LogP contribution in [0.5, 0.6) is 0 Å². The van der Waals surface area contributed by atoms with Gasteiger partial charge in [-0.2, -0.15) is 0 Å². The number of hydrogen-bond donors (Lipinski definition) is 3. The highest BCUT2D eigenvalue weighted by atomic mass is 16.6. The third-order valence-corrected chi connectivity index (χ3v) is 14.5. The lowest BCUT2D eigenvalue weighted by Gasteiger charge is -2.17. The molecule has 0 aliphatic rings. The second-order valence-corrected chi connectivity index (χ2v) is 23.0. The van der Waals surface area contributed by atoms with Crippen molar-refractivity contribution in [3.05, 3.63) is 12.7 Å². The topological polar surface area (TPSA) is 305 Å². The molecule has 0 aliphatic carbocycles. The van der Waals surface area contributed by atoms with Crippen molar-refractivity contribution in [1.82, 2.24) is 5.32 Å². The standard InChI is InChI=1S/C72H142N2O26/c1-2-3-4-5-6-7-10-13-16-19-70(20-17-14-11-8-9-12-15-18-21-71(75)76)72(77)74-23-25-79-27-29-81-31-33-83-35-37-85-39-41-87-43-45-89-47-49-91-51-53-93-55-57-95-59-61-97-63-65-99-67-69-100-68-66-98-64-62-96-60-58-94-56-54-92-52-50-90-48-46-88-44-42-86-40-38-84-36-34-82-32-30-80-28-26-78-24-22-73/h2,70H,1,3-69,73H2,(H,74,77)(H,75,76). The normalized spacial score (nSPS) is 12.0. The molecular weight excluding hydrogens is 1310 g/mol. The summed E-state index contributed by atoms with van der Waals surface area (Å²) in [6.07, 6.45) is 22.3. The number of allylic oxidation sites excluding steroid dienone is 1. The lowest BCUT2D eigenvalue weighted by Crippen LogP contribution is -2.33. The Bertz CT molecular complexity index is 1560. The number of nitrogens with one attached hydrogen (secondary N) is 1. The molecule has 4 N–H and O–H groups in total. The van der Waals surface area contributed by atoms with E-state index in [0.29, 0.717) is 317 Å². The highest BCUT2D eigenvalue weighted by Crippen LogP contribution is 2.20. The minimum atomic E-state index is -0.710. The average Bonchev–Trinajstić information content (AvgIpc) is 1.88. The van der Waals surface area contributed by atoms with E-state index >= 15 is 0 Å². The Labute approximate surface area is 602 Å². The Balaban J connectivity index is 3.33. The minimum absolute atomic E-state index is 0.0458. The summed E-state index contributed by atoms with van der Waals surface area (Å²) in [5.41, 5.74) is 5.35. The molecule has 0 aromatic rings. The quantitative estimate of drug-likeness (QED) is 0.0419. The van der Waals surface area contributed by atoms with Crippen LogP contribution in [0.15, 0.2) is 12.7 Å². The molecule has 0 heterocycles. The molecule has 0 saturated heterocycles. The van der Waals surface area contributed by atoms with E-state index in [1.165, 1.54) is 51.4 Å². The third-order valence-electron chi connectivity index (χ3n) is 14.5. The summed E-state index contributed by atoms with van der Waals surface area (Å²) in [7, 11) is 0. The molecule has 0 aromatic carbocycles. The van der Waals surface area contributed by atoms with E-state index in [4.69, 9.17) is 120 Å². The molecule has 28 nitrogen and oxygen atoms in total. The van der Waals surface area contributed by atoms with Crippen LogP contribution in [-0.2, 0) is 119 Å². The van der Waals surface area contributed by atoms with Gasteiger partial charge in [0.2, 0.25) is 5.91 Å². The molecule has 0 fully saturated rings. The zero-order valence-corrected chi connectivity index (χ0v) is 62.0. The monoisotopic (exact) mass is 1450 g/mol. The lowest BCUT2D eigenvalue weighted by molar-refractivity contribution is -0.137. The number of aliphatic carboxylic acids is 1. The second kappa shape index (κ2) is 90.9. The van der Waals surface area contributed by atoms with Crippen molar-refractivity contribution in [2.45, 2.75) is 122 Å². The van der Waals surface area contributed by atoms with Gasteiger partial charge in [0, 0.05) is 25.4 Å². The zero-order chi connectivity index (χ0) is 71.8. The highest BCUT2D eigenvalue weighted by Gasteiger charge is 2.18. The van der Waals surface area contributed by atoms with E-state index in [-0.39, 0.29) is 18.2 Å². The highest BCUT2D eigenvalue weighted by molar-refractivity contribution is 5.78. The predicted molar refractivity (Wildman–Crippen MR) is 380 cm³/mol. The number of carbonyl (C=O) groups is 2. The van der Waals surface area contributed by atoms with Gasteiger partial charge in [-0.25, -0.2) is 0 Å². The number of unbranched alkanes of at least 4 members (excludes halogenated alkanes) is 14. The number of carboxylic acids is 1. The van der Waals surface area contributed by atoms with Crippen LogP contribution in [0.2, 0.25) is 0 Å². The molecule has 1 amide bonds. The van der Waals surface area contributed by atoms with E-state index in [9.17, 15) is 9.59 Å². The molecule has 0 aliphatic heterocycles. The minimum Gasteiger partial charge on any atom is -0.481 e. The van der Waals surface area contributed by atoms with Crippen molar-refractivity contribution in [2.75, 3.05) is 317 Å². The molecule has 0 spiro atoms. The fraction of sp³-hybridized carbons (Fsp3) is 0.944. The number of ether oxygens (including phenoxy) is 23. The Morgan fingerprint density at radius 1 is 0.270 bits per heavy atom. The number of nitrogens with two attached hydrogens (primary N) is 1. The van der Waals surface area contributed by atoms with Crippen molar-refractivity contribution >= 4 is 11.9 Å². The summed E-state index contributed by atoms with van der Waals surface area (Å²) in [6.45, 7) is 27.2. The fourth-order valence-electron chi connectivity index (χ4n) is 9.11. The Morgan fingerprint density at radius 3 is 0.650 bits per heavy atom. The molecule has 100 heavy (non-hydrogen) atoms. The van der Waals surface area contributed by atoms with E-state index < -0.39 is 5.97 Å². The maximum atomic E-state index is 13.2. The van der Waals surface area contributed by atoms with E-state index in [0.717, 1.165) is 64.2 Å². The third kappa shape index (κ3) is 88.1. The Morgan fingerprint density at radius 2 is 0.450 bits per heavy atom. The Kier molecular flexibility index (Phi) is 88.9. The van der Waals surface area contributed by atoms with E-state index in [2.05, 4.69) is 11.9 Å². The summed E-state index contributed by atoms with van der Waals surface area (Å²) < 4.78 is 127. The van der Waals surface area contributed by atoms with Crippen molar-refractivity contribution < 1.29 is 124 Å². The lowest BCUT2D eigenvalue weighted by atomic mass is 9.93. The Hall–Kier alpha value is -2.28. The maximum Gasteiger partial charge on any atom is 0.303 e. The first-order chi connectivity index (χ1) is 49.6. The van der Waals surface area contributed by atoms with Crippen LogP contribution in [0.25, 0.3) is 0 Å². The number of rotatable bonds is 93. The molecule has 1 atom stereocenters. The van der Waals surface area contributed by atoms with Gasteiger partial charge in [0.15, 0.2) is 0 Å². The summed E-state index contributed by atoms with van der Waals surface area (Å²) in [4.78, 5) is 23.9. The SMILES string of the molecule is C=CCCCCCCCCCC(CCCCCCCCCCC(=O)O)C(=O)NCCOCCOCCOCCOCCOCCOCCOCCOCCOCCOCCOCCOCCOCCOCCOCCOCCOCCOCCOCCOCCOCCOCCOCCN. The fourth-order valence-corrected chi connectivity index (χ4v) is 9.11. The van der Waals surface area contributed by atoms with Crippen molar-refractivity contribution in [1.29, 1.82) is 0 Å². The number of carbonyl (C=O) groups excluding carboxylic acids is 1. The average molecular weight is 1450 g/mol. The van der Waals surface area contributed by atoms with Gasteiger partial charge >= 0.3 is 5.97 Å². The molecule has 0 aromatic heterocycles. The largest absolute Gasteiger partial charge is 0.481 e. The van der Waals surface area contributed by atoms with Crippen LogP contribution in [-0.4, -0.2) is 334 Å². The van der Waals surface area contributed by atoms with Gasteiger partial charge in [-0.3, -0.25) is 9.59 Å².